The zero-order valence-electron chi connectivity index (χ0n) is 18.5. The van der Waals surface area contributed by atoms with Crippen molar-refractivity contribution in [2.75, 3.05) is 17.3 Å². The molecular weight excluding hydrogens is 422 g/mol. The molecular formula is C25H23N3O5. The summed E-state index contributed by atoms with van der Waals surface area (Å²) in [4.78, 5) is 38.9. The molecule has 1 heterocycles. The van der Waals surface area contributed by atoms with Gasteiger partial charge in [-0.15, -0.1) is 0 Å². The van der Waals surface area contributed by atoms with Crippen molar-refractivity contribution < 1.29 is 19.2 Å². The fourth-order valence-electron chi connectivity index (χ4n) is 3.97. The molecule has 3 aromatic rings. The Morgan fingerprint density at radius 1 is 1.09 bits per heavy atom. The van der Waals surface area contributed by atoms with Gasteiger partial charge in [-0.3, -0.25) is 19.7 Å². The zero-order valence-corrected chi connectivity index (χ0v) is 18.5. The predicted octanol–water partition coefficient (Wildman–Crippen LogP) is 4.68. The van der Waals surface area contributed by atoms with Crippen molar-refractivity contribution in [1.29, 1.82) is 0 Å². The van der Waals surface area contributed by atoms with Crippen LogP contribution in [0.4, 0.5) is 17.1 Å². The highest BCUT2D eigenvalue weighted by molar-refractivity contribution is 6.10. The summed E-state index contributed by atoms with van der Waals surface area (Å²) in [6.07, 6.45) is 0. The summed E-state index contributed by atoms with van der Waals surface area (Å²) < 4.78 is 5.10. The first-order valence-electron chi connectivity index (χ1n) is 10.4. The zero-order chi connectivity index (χ0) is 23.8. The van der Waals surface area contributed by atoms with Gasteiger partial charge in [0, 0.05) is 11.6 Å². The Morgan fingerprint density at radius 3 is 2.36 bits per heavy atom. The monoisotopic (exact) mass is 445 g/mol. The van der Waals surface area contributed by atoms with E-state index in [1.54, 1.807) is 43.0 Å². The van der Waals surface area contributed by atoms with E-state index in [-0.39, 0.29) is 17.3 Å². The predicted molar refractivity (Wildman–Crippen MR) is 125 cm³/mol. The molecule has 0 aliphatic carbocycles. The minimum absolute atomic E-state index is 0.0435. The second-order valence-corrected chi connectivity index (χ2v) is 8.33. The second-order valence-electron chi connectivity index (χ2n) is 8.33. The molecule has 0 atom stereocenters. The van der Waals surface area contributed by atoms with Crippen molar-refractivity contribution in [3.8, 4) is 5.75 Å². The van der Waals surface area contributed by atoms with Crippen LogP contribution in [-0.2, 0) is 16.8 Å². The lowest BCUT2D eigenvalue weighted by Gasteiger charge is -2.20. The Balaban J connectivity index is 1.73. The van der Waals surface area contributed by atoms with Crippen molar-refractivity contribution in [1.82, 2.24) is 0 Å². The SMILES string of the molecule is COc1ccc(C(=O)Nc2cc3c(cc2[N+](=O)[O-])N(Cc2ccccc2)C(=O)C3(C)C)cc1. The fourth-order valence-corrected chi connectivity index (χ4v) is 3.97. The number of hydrogen-bond donors (Lipinski definition) is 1. The van der Waals surface area contributed by atoms with Gasteiger partial charge in [-0.1, -0.05) is 30.3 Å². The van der Waals surface area contributed by atoms with Gasteiger partial charge in [-0.2, -0.15) is 0 Å². The molecule has 3 aromatic carbocycles. The minimum atomic E-state index is -0.904. The van der Waals surface area contributed by atoms with Crippen LogP contribution in [0.5, 0.6) is 5.75 Å². The highest BCUT2D eigenvalue weighted by atomic mass is 16.6. The molecule has 8 nitrogen and oxygen atoms in total. The van der Waals surface area contributed by atoms with Crippen molar-refractivity contribution in [2.24, 2.45) is 0 Å². The number of amides is 2. The van der Waals surface area contributed by atoms with Crippen LogP contribution < -0.4 is 15.0 Å². The first-order chi connectivity index (χ1) is 15.7. The first kappa shape index (κ1) is 22.0. The standard InChI is InChI=1S/C25H23N3O5/c1-25(2)19-13-20(26-23(29)17-9-11-18(33-3)12-10-17)22(28(31)32)14-21(19)27(24(25)30)15-16-7-5-4-6-8-16/h4-14H,15H2,1-3H3,(H,26,29). The molecule has 0 aromatic heterocycles. The Kier molecular flexibility index (Phi) is 5.59. The normalized spacial score (nSPS) is 14.0. The number of ether oxygens (including phenoxy) is 1. The van der Waals surface area contributed by atoms with Gasteiger partial charge in [0.2, 0.25) is 5.91 Å². The van der Waals surface area contributed by atoms with E-state index in [1.165, 1.54) is 19.2 Å². The van der Waals surface area contributed by atoms with Gasteiger partial charge < -0.3 is 15.0 Å². The molecule has 8 heteroatoms. The molecule has 0 spiro atoms. The summed E-state index contributed by atoms with van der Waals surface area (Å²) >= 11 is 0. The molecule has 168 valence electrons. The van der Waals surface area contributed by atoms with E-state index < -0.39 is 16.2 Å². The lowest BCUT2D eigenvalue weighted by Crippen LogP contribution is -2.35. The number of carbonyl (C=O) groups excluding carboxylic acids is 2. The van der Waals surface area contributed by atoms with Crippen LogP contribution in [0.3, 0.4) is 0 Å². The molecule has 33 heavy (non-hydrogen) atoms. The van der Waals surface area contributed by atoms with Gasteiger partial charge in [0.25, 0.3) is 11.6 Å². The quantitative estimate of drug-likeness (QED) is 0.438. The average Bonchev–Trinajstić information content (AvgIpc) is 2.99. The molecule has 0 saturated heterocycles. The van der Waals surface area contributed by atoms with Crippen LogP contribution in [0.25, 0.3) is 0 Å². The molecule has 0 radical (unpaired) electrons. The van der Waals surface area contributed by atoms with E-state index in [0.717, 1.165) is 5.56 Å². The van der Waals surface area contributed by atoms with Gasteiger partial charge in [0.05, 0.1) is 29.7 Å². The summed E-state index contributed by atoms with van der Waals surface area (Å²) in [6.45, 7) is 3.85. The maximum absolute atomic E-state index is 13.2. The van der Waals surface area contributed by atoms with E-state index in [9.17, 15) is 19.7 Å². The summed E-state index contributed by atoms with van der Waals surface area (Å²) in [6, 6.07) is 18.8. The number of methoxy groups -OCH3 is 1. The average molecular weight is 445 g/mol. The number of nitro groups is 1. The first-order valence-corrected chi connectivity index (χ1v) is 10.4. The number of rotatable bonds is 6. The molecule has 1 N–H and O–H groups in total. The lowest BCUT2D eigenvalue weighted by atomic mass is 9.85. The Bertz CT molecular complexity index is 1240. The number of nitrogens with one attached hydrogen (secondary N) is 1. The number of carbonyl (C=O) groups is 2. The smallest absolute Gasteiger partial charge is 0.294 e. The van der Waals surface area contributed by atoms with E-state index in [2.05, 4.69) is 5.32 Å². The lowest BCUT2D eigenvalue weighted by molar-refractivity contribution is -0.383. The highest BCUT2D eigenvalue weighted by Gasteiger charge is 2.45. The largest absolute Gasteiger partial charge is 0.497 e. The minimum Gasteiger partial charge on any atom is -0.497 e. The van der Waals surface area contributed by atoms with Gasteiger partial charge in [0.1, 0.15) is 11.4 Å². The number of nitrogens with zero attached hydrogens (tertiary/aromatic N) is 2. The van der Waals surface area contributed by atoms with E-state index in [0.29, 0.717) is 29.1 Å². The molecule has 2 amide bonds. The van der Waals surface area contributed by atoms with Gasteiger partial charge in [-0.25, -0.2) is 0 Å². The van der Waals surface area contributed by atoms with Crippen LogP contribution in [0.1, 0.15) is 35.3 Å². The summed E-state index contributed by atoms with van der Waals surface area (Å²) in [5.41, 5.74) is 1.20. The van der Waals surface area contributed by atoms with Gasteiger partial charge in [0.15, 0.2) is 0 Å². The van der Waals surface area contributed by atoms with Crippen LogP contribution in [0, 0.1) is 10.1 Å². The molecule has 1 aliphatic heterocycles. The fraction of sp³-hybridized carbons (Fsp3) is 0.200. The summed E-state index contributed by atoms with van der Waals surface area (Å²) in [7, 11) is 1.52. The molecule has 0 bridgehead atoms. The van der Waals surface area contributed by atoms with Crippen molar-refractivity contribution in [3.63, 3.8) is 0 Å². The number of benzene rings is 3. The number of nitro benzene ring substituents is 1. The number of anilines is 2. The maximum atomic E-state index is 13.2. The van der Waals surface area contributed by atoms with E-state index >= 15 is 0 Å². The maximum Gasteiger partial charge on any atom is 0.294 e. The third-order valence-corrected chi connectivity index (χ3v) is 5.84. The second kappa shape index (κ2) is 8.38. The Morgan fingerprint density at radius 2 is 1.76 bits per heavy atom. The topological polar surface area (TPSA) is 102 Å². The Hall–Kier alpha value is -4.20. The molecule has 0 saturated carbocycles. The molecule has 4 rings (SSSR count). The van der Waals surface area contributed by atoms with Crippen LogP contribution in [-0.4, -0.2) is 23.8 Å². The van der Waals surface area contributed by atoms with Crippen LogP contribution in [0.2, 0.25) is 0 Å². The third kappa shape index (κ3) is 4.03. The van der Waals surface area contributed by atoms with E-state index in [4.69, 9.17) is 4.74 Å². The highest BCUT2D eigenvalue weighted by Crippen LogP contribution is 2.46. The van der Waals surface area contributed by atoms with Crippen molar-refractivity contribution >= 4 is 28.9 Å². The Labute approximate surface area is 190 Å². The molecule has 0 unspecified atom stereocenters. The van der Waals surface area contributed by atoms with Gasteiger partial charge >= 0.3 is 0 Å². The van der Waals surface area contributed by atoms with E-state index in [1.807, 2.05) is 30.3 Å². The number of hydrogen-bond acceptors (Lipinski definition) is 5. The van der Waals surface area contributed by atoms with Crippen molar-refractivity contribution in [3.05, 3.63) is 93.5 Å². The summed E-state index contributed by atoms with van der Waals surface area (Å²) in [5, 5.41) is 14.5. The summed E-state index contributed by atoms with van der Waals surface area (Å²) in [5.74, 6) is -0.0629. The van der Waals surface area contributed by atoms with Crippen LogP contribution in [0.15, 0.2) is 66.7 Å². The van der Waals surface area contributed by atoms with Gasteiger partial charge in [-0.05, 0) is 55.3 Å². The van der Waals surface area contributed by atoms with Crippen molar-refractivity contribution in [2.45, 2.75) is 25.8 Å². The van der Waals surface area contributed by atoms with Crippen LogP contribution >= 0.6 is 0 Å². The molecule has 0 fully saturated rings. The molecule has 1 aliphatic rings. The number of fused-ring (bicyclic) bond motifs is 1. The third-order valence-electron chi connectivity index (χ3n) is 5.84.